The Hall–Kier alpha value is -1.06. The fourth-order valence-electron chi connectivity index (χ4n) is 2.98. The van der Waals surface area contributed by atoms with Crippen LogP contribution in [0.15, 0.2) is 18.2 Å². The van der Waals surface area contributed by atoms with Gasteiger partial charge in [-0.3, -0.25) is 0 Å². The summed E-state index contributed by atoms with van der Waals surface area (Å²) in [5.74, 6) is 0.396. The Labute approximate surface area is 123 Å². The number of hydrogen-bond acceptors (Lipinski definition) is 3. The van der Waals surface area contributed by atoms with Gasteiger partial charge in [-0.2, -0.15) is 0 Å². The van der Waals surface area contributed by atoms with Crippen LogP contribution in [-0.4, -0.2) is 35.7 Å². The van der Waals surface area contributed by atoms with E-state index in [0.29, 0.717) is 5.75 Å². The quantitative estimate of drug-likeness (QED) is 0.784. The summed E-state index contributed by atoms with van der Waals surface area (Å²) in [4.78, 5) is 2.61. The van der Waals surface area contributed by atoms with Crippen LogP contribution < -0.4 is 5.32 Å². The van der Waals surface area contributed by atoms with Crippen molar-refractivity contribution in [1.82, 2.24) is 10.2 Å². The minimum Gasteiger partial charge on any atom is -0.508 e. The number of nitrogens with one attached hydrogen (secondary N) is 1. The van der Waals surface area contributed by atoms with Gasteiger partial charge in [0.15, 0.2) is 0 Å². The molecule has 0 aliphatic carbocycles. The molecule has 0 spiro atoms. The minimum atomic E-state index is 0.396. The summed E-state index contributed by atoms with van der Waals surface area (Å²) in [5, 5.41) is 13.2. The van der Waals surface area contributed by atoms with Crippen LogP contribution in [0, 0.1) is 6.92 Å². The molecule has 1 heterocycles. The van der Waals surface area contributed by atoms with Gasteiger partial charge in [0.25, 0.3) is 0 Å². The lowest BCUT2D eigenvalue weighted by Crippen LogP contribution is -2.38. The maximum atomic E-state index is 9.78. The topological polar surface area (TPSA) is 35.5 Å². The van der Waals surface area contributed by atoms with E-state index >= 15 is 0 Å². The van der Waals surface area contributed by atoms with Crippen molar-refractivity contribution in [2.45, 2.75) is 52.1 Å². The third kappa shape index (κ3) is 4.50. The second-order valence-corrected chi connectivity index (χ2v) is 6.04. The SMILES string of the molecule is Cc1ccc(O)c(CNCCCN2CCCCC2C)c1. The number of phenols is 1. The van der Waals surface area contributed by atoms with Crippen molar-refractivity contribution in [3.8, 4) is 5.75 Å². The average Bonchev–Trinajstić information content (AvgIpc) is 2.44. The molecule has 0 bridgehead atoms. The predicted octanol–water partition coefficient (Wildman–Crippen LogP) is 3.05. The van der Waals surface area contributed by atoms with Crippen LogP contribution in [-0.2, 0) is 6.54 Å². The van der Waals surface area contributed by atoms with Gasteiger partial charge in [0.05, 0.1) is 0 Å². The first-order valence-electron chi connectivity index (χ1n) is 7.90. The highest BCUT2D eigenvalue weighted by Gasteiger charge is 2.16. The summed E-state index contributed by atoms with van der Waals surface area (Å²) in [6, 6.07) is 6.53. The normalized spacial score (nSPS) is 20.2. The first kappa shape index (κ1) is 15.3. The first-order chi connectivity index (χ1) is 9.66. The van der Waals surface area contributed by atoms with Gasteiger partial charge in [0, 0.05) is 18.2 Å². The molecule has 1 fully saturated rings. The van der Waals surface area contributed by atoms with Crippen LogP contribution in [0.3, 0.4) is 0 Å². The van der Waals surface area contributed by atoms with Gasteiger partial charge < -0.3 is 15.3 Å². The number of rotatable bonds is 6. The number of benzene rings is 1. The molecule has 2 N–H and O–H groups in total. The van der Waals surface area contributed by atoms with E-state index in [-0.39, 0.29) is 0 Å². The highest BCUT2D eigenvalue weighted by Crippen LogP contribution is 2.18. The lowest BCUT2D eigenvalue weighted by Gasteiger charge is -2.33. The molecule has 1 aromatic rings. The Morgan fingerprint density at radius 2 is 2.20 bits per heavy atom. The zero-order valence-electron chi connectivity index (χ0n) is 12.9. The predicted molar refractivity (Wildman–Crippen MR) is 84.1 cm³/mol. The number of aryl methyl sites for hydroxylation is 1. The largest absolute Gasteiger partial charge is 0.508 e. The van der Waals surface area contributed by atoms with Crippen LogP contribution in [0.4, 0.5) is 0 Å². The molecule has 20 heavy (non-hydrogen) atoms. The Balaban J connectivity index is 1.65. The number of hydrogen-bond donors (Lipinski definition) is 2. The third-order valence-electron chi connectivity index (χ3n) is 4.29. The van der Waals surface area contributed by atoms with E-state index in [9.17, 15) is 5.11 Å². The molecule has 1 unspecified atom stereocenters. The van der Waals surface area contributed by atoms with E-state index in [0.717, 1.165) is 24.7 Å². The molecule has 2 rings (SSSR count). The Bertz CT molecular complexity index is 419. The van der Waals surface area contributed by atoms with E-state index < -0.39 is 0 Å². The lowest BCUT2D eigenvalue weighted by atomic mass is 10.0. The second-order valence-electron chi connectivity index (χ2n) is 6.04. The average molecular weight is 276 g/mol. The smallest absolute Gasteiger partial charge is 0.120 e. The summed E-state index contributed by atoms with van der Waals surface area (Å²) >= 11 is 0. The van der Waals surface area contributed by atoms with Crippen LogP contribution in [0.5, 0.6) is 5.75 Å². The Morgan fingerprint density at radius 3 is 3.00 bits per heavy atom. The molecule has 1 aromatic carbocycles. The van der Waals surface area contributed by atoms with Gasteiger partial charge in [-0.25, -0.2) is 0 Å². The maximum absolute atomic E-state index is 9.78. The molecule has 112 valence electrons. The summed E-state index contributed by atoms with van der Waals surface area (Å²) in [5.41, 5.74) is 2.19. The number of likely N-dealkylation sites (tertiary alicyclic amines) is 1. The molecule has 0 aromatic heterocycles. The molecule has 3 nitrogen and oxygen atoms in total. The van der Waals surface area contributed by atoms with Gasteiger partial charge in [-0.05, 0) is 58.8 Å². The fraction of sp³-hybridized carbons (Fsp3) is 0.647. The molecule has 0 saturated carbocycles. The standard InChI is InChI=1S/C17H28N2O/c1-14-7-8-17(20)16(12-14)13-18-9-5-11-19-10-4-3-6-15(19)2/h7-8,12,15,18,20H,3-6,9-11,13H2,1-2H3. The zero-order chi connectivity index (χ0) is 14.4. The van der Waals surface area contributed by atoms with Gasteiger partial charge in [0.2, 0.25) is 0 Å². The van der Waals surface area contributed by atoms with Crippen LogP contribution in [0.1, 0.15) is 43.7 Å². The molecule has 3 heteroatoms. The minimum absolute atomic E-state index is 0.396. The van der Waals surface area contributed by atoms with Crippen molar-refractivity contribution in [2.75, 3.05) is 19.6 Å². The summed E-state index contributed by atoms with van der Waals surface area (Å²) in [6.07, 6.45) is 5.28. The van der Waals surface area contributed by atoms with Gasteiger partial charge >= 0.3 is 0 Å². The molecular weight excluding hydrogens is 248 g/mol. The van der Waals surface area contributed by atoms with Crippen molar-refractivity contribution in [1.29, 1.82) is 0 Å². The molecule has 1 aliphatic rings. The Kier molecular flexibility index (Phi) is 5.86. The van der Waals surface area contributed by atoms with Crippen molar-refractivity contribution in [3.05, 3.63) is 29.3 Å². The van der Waals surface area contributed by atoms with E-state index in [1.807, 2.05) is 6.07 Å². The van der Waals surface area contributed by atoms with Crippen molar-refractivity contribution < 1.29 is 5.11 Å². The molecule has 0 amide bonds. The summed E-state index contributed by atoms with van der Waals surface area (Å²) in [6.45, 7) is 8.62. The van der Waals surface area contributed by atoms with Crippen LogP contribution in [0.25, 0.3) is 0 Å². The van der Waals surface area contributed by atoms with E-state index in [1.54, 1.807) is 6.07 Å². The van der Waals surface area contributed by atoms with Gasteiger partial charge in [-0.15, -0.1) is 0 Å². The second kappa shape index (κ2) is 7.65. The molecule has 0 radical (unpaired) electrons. The van der Waals surface area contributed by atoms with Gasteiger partial charge in [0.1, 0.15) is 5.75 Å². The van der Waals surface area contributed by atoms with E-state index in [2.05, 4.69) is 30.1 Å². The lowest BCUT2D eigenvalue weighted by molar-refractivity contribution is 0.159. The number of aromatic hydroxyl groups is 1. The van der Waals surface area contributed by atoms with E-state index in [1.165, 1.54) is 44.3 Å². The van der Waals surface area contributed by atoms with Gasteiger partial charge in [-0.1, -0.05) is 24.1 Å². The maximum Gasteiger partial charge on any atom is 0.120 e. The fourth-order valence-corrected chi connectivity index (χ4v) is 2.98. The molecule has 1 aliphatic heterocycles. The number of piperidine rings is 1. The van der Waals surface area contributed by atoms with E-state index in [4.69, 9.17) is 0 Å². The number of phenolic OH excluding ortho intramolecular Hbond substituents is 1. The molecule has 1 atom stereocenters. The highest BCUT2D eigenvalue weighted by molar-refractivity contribution is 5.35. The zero-order valence-corrected chi connectivity index (χ0v) is 12.9. The van der Waals surface area contributed by atoms with Crippen molar-refractivity contribution in [2.24, 2.45) is 0 Å². The van der Waals surface area contributed by atoms with Crippen molar-refractivity contribution in [3.63, 3.8) is 0 Å². The number of nitrogens with zero attached hydrogens (tertiary/aromatic N) is 1. The molecular formula is C17H28N2O. The first-order valence-corrected chi connectivity index (χ1v) is 7.90. The Morgan fingerprint density at radius 1 is 1.35 bits per heavy atom. The van der Waals surface area contributed by atoms with Crippen LogP contribution >= 0.6 is 0 Å². The monoisotopic (exact) mass is 276 g/mol. The highest BCUT2D eigenvalue weighted by atomic mass is 16.3. The van der Waals surface area contributed by atoms with Crippen molar-refractivity contribution >= 4 is 0 Å². The third-order valence-corrected chi connectivity index (χ3v) is 4.29. The van der Waals surface area contributed by atoms with Crippen LogP contribution in [0.2, 0.25) is 0 Å². The summed E-state index contributed by atoms with van der Waals surface area (Å²) < 4.78 is 0. The molecule has 1 saturated heterocycles. The summed E-state index contributed by atoms with van der Waals surface area (Å²) in [7, 11) is 0.